The molecule has 0 bridgehead atoms. The molecule has 0 saturated carbocycles. The molecule has 0 amide bonds. The number of nitrogens with zero attached hydrogens (tertiary/aromatic N) is 3. The molecule has 2 aromatic rings. The Hall–Kier alpha value is -2.87. The Bertz CT molecular complexity index is 973. The summed E-state index contributed by atoms with van der Waals surface area (Å²) in [7, 11) is 0. The molecule has 1 aromatic carbocycles. The molecule has 0 radical (unpaired) electrons. The van der Waals surface area contributed by atoms with Gasteiger partial charge in [0.15, 0.2) is 11.0 Å². The average Bonchev–Trinajstić information content (AvgIpc) is 3.09. The summed E-state index contributed by atoms with van der Waals surface area (Å²) in [5.74, 6) is 12.3. The molecular formula is C23H31ClN6O. The van der Waals surface area contributed by atoms with Crippen LogP contribution in [0.4, 0.5) is 0 Å². The Morgan fingerprint density at radius 2 is 2.06 bits per heavy atom. The molecule has 2 rings (SSSR count). The number of aliphatic hydroxyl groups is 1. The fraction of sp³-hybridized carbons (Fsp3) is 0.304. The first-order valence-corrected chi connectivity index (χ1v) is 10.6. The molecule has 0 saturated heterocycles. The highest BCUT2D eigenvalue weighted by molar-refractivity contribution is 6.30. The number of rotatable bonds is 10. The SMILES string of the molecule is C=C\C=C(C(=C\C)/C(=N/N)NN)\c1ccc(Cn2c(CCCC)nc(Cl)c2CO)cc1. The number of aryl methyl sites for hydroxylation is 1. The molecule has 166 valence electrons. The summed E-state index contributed by atoms with van der Waals surface area (Å²) >= 11 is 6.25. The number of hydrogen-bond acceptors (Lipinski definition) is 5. The number of allylic oxidation sites excluding steroid dienone is 3. The van der Waals surface area contributed by atoms with Gasteiger partial charge in [-0.1, -0.05) is 74.0 Å². The third kappa shape index (κ3) is 5.85. The Morgan fingerprint density at radius 1 is 1.35 bits per heavy atom. The number of unbranched alkanes of at least 4 members (excludes halogenated alkanes) is 1. The highest BCUT2D eigenvalue weighted by Gasteiger charge is 2.16. The second-order valence-corrected chi connectivity index (χ2v) is 7.31. The van der Waals surface area contributed by atoms with Gasteiger partial charge in [-0.15, -0.1) is 0 Å². The lowest BCUT2D eigenvalue weighted by atomic mass is 9.95. The molecule has 7 nitrogen and oxygen atoms in total. The summed E-state index contributed by atoms with van der Waals surface area (Å²) in [6.45, 7) is 8.26. The molecular weight excluding hydrogens is 412 g/mol. The number of nitrogens with two attached hydrogens (primary N) is 2. The van der Waals surface area contributed by atoms with Crippen LogP contribution in [0.1, 0.15) is 49.3 Å². The molecule has 1 aromatic heterocycles. The van der Waals surface area contributed by atoms with Crippen LogP contribution in [0.5, 0.6) is 0 Å². The lowest BCUT2D eigenvalue weighted by molar-refractivity contribution is 0.271. The van der Waals surface area contributed by atoms with Gasteiger partial charge in [0.2, 0.25) is 0 Å². The van der Waals surface area contributed by atoms with Crippen molar-refractivity contribution < 1.29 is 5.11 Å². The van der Waals surface area contributed by atoms with Crippen molar-refractivity contribution in [3.05, 3.63) is 82.4 Å². The monoisotopic (exact) mass is 442 g/mol. The largest absolute Gasteiger partial charge is 0.390 e. The summed E-state index contributed by atoms with van der Waals surface area (Å²) in [4.78, 5) is 4.45. The van der Waals surface area contributed by atoms with Gasteiger partial charge in [0.25, 0.3) is 0 Å². The van der Waals surface area contributed by atoms with Crippen LogP contribution in [0.25, 0.3) is 5.57 Å². The van der Waals surface area contributed by atoms with E-state index in [2.05, 4.69) is 29.0 Å². The zero-order chi connectivity index (χ0) is 22.8. The maximum Gasteiger partial charge on any atom is 0.167 e. The lowest BCUT2D eigenvalue weighted by Gasteiger charge is -2.15. The molecule has 0 aliphatic carbocycles. The van der Waals surface area contributed by atoms with Gasteiger partial charge in [-0.05, 0) is 30.0 Å². The predicted molar refractivity (Wildman–Crippen MR) is 128 cm³/mol. The lowest BCUT2D eigenvalue weighted by Crippen LogP contribution is -2.33. The quantitative estimate of drug-likeness (QED) is 0.147. The van der Waals surface area contributed by atoms with Gasteiger partial charge < -0.3 is 20.9 Å². The smallest absolute Gasteiger partial charge is 0.167 e. The number of aromatic nitrogens is 2. The van der Waals surface area contributed by atoms with Gasteiger partial charge in [0.05, 0.1) is 12.3 Å². The van der Waals surface area contributed by atoms with Crippen LogP contribution in [-0.4, -0.2) is 20.5 Å². The molecule has 8 heteroatoms. The van der Waals surface area contributed by atoms with E-state index in [4.69, 9.17) is 23.3 Å². The molecule has 0 spiro atoms. The predicted octanol–water partition coefficient (Wildman–Crippen LogP) is 3.67. The van der Waals surface area contributed by atoms with E-state index < -0.39 is 0 Å². The molecule has 0 fully saturated rings. The van der Waals surface area contributed by atoms with E-state index >= 15 is 0 Å². The van der Waals surface area contributed by atoms with Crippen LogP contribution in [0.3, 0.4) is 0 Å². The van der Waals surface area contributed by atoms with Crippen LogP contribution in [-0.2, 0) is 19.6 Å². The van der Waals surface area contributed by atoms with Crippen LogP contribution < -0.4 is 17.1 Å². The first kappa shape index (κ1) is 24.4. The number of hydrazone groups is 1. The minimum Gasteiger partial charge on any atom is -0.390 e. The molecule has 6 N–H and O–H groups in total. The molecule has 0 atom stereocenters. The topological polar surface area (TPSA) is 114 Å². The highest BCUT2D eigenvalue weighted by atomic mass is 35.5. The van der Waals surface area contributed by atoms with E-state index in [1.807, 2.05) is 47.9 Å². The van der Waals surface area contributed by atoms with Gasteiger partial charge in [-0.2, -0.15) is 5.10 Å². The van der Waals surface area contributed by atoms with Crippen LogP contribution >= 0.6 is 11.6 Å². The van der Waals surface area contributed by atoms with Crippen molar-refractivity contribution in [2.45, 2.75) is 46.3 Å². The number of imidazole rings is 1. The summed E-state index contributed by atoms with van der Waals surface area (Å²) in [5, 5.41) is 13.9. The summed E-state index contributed by atoms with van der Waals surface area (Å²) in [6.07, 6.45) is 8.37. The maximum absolute atomic E-state index is 9.77. The van der Waals surface area contributed by atoms with Crippen molar-refractivity contribution in [2.24, 2.45) is 16.8 Å². The second-order valence-electron chi connectivity index (χ2n) is 6.95. The maximum atomic E-state index is 9.77. The summed E-state index contributed by atoms with van der Waals surface area (Å²) in [5.41, 5.74) is 6.85. The first-order chi connectivity index (χ1) is 15.0. The number of halogens is 1. The molecule has 0 unspecified atom stereocenters. The van der Waals surface area contributed by atoms with E-state index in [0.29, 0.717) is 23.2 Å². The van der Waals surface area contributed by atoms with Crippen molar-refractivity contribution in [2.75, 3.05) is 0 Å². The van der Waals surface area contributed by atoms with Crippen LogP contribution in [0.2, 0.25) is 5.15 Å². The third-order valence-electron chi connectivity index (χ3n) is 5.00. The Balaban J connectivity index is 2.37. The second kappa shape index (κ2) is 12.1. The van der Waals surface area contributed by atoms with E-state index in [1.54, 1.807) is 6.08 Å². The third-order valence-corrected chi connectivity index (χ3v) is 5.30. The van der Waals surface area contributed by atoms with E-state index in [1.165, 1.54) is 0 Å². The molecule has 1 heterocycles. The number of benzene rings is 1. The Kier molecular flexibility index (Phi) is 9.52. The van der Waals surface area contributed by atoms with Gasteiger partial charge in [-0.25, -0.2) is 10.8 Å². The van der Waals surface area contributed by atoms with Crippen molar-refractivity contribution >= 4 is 23.0 Å². The van der Waals surface area contributed by atoms with Crippen molar-refractivity contribution in [3.8, 4) is 0 Å². The minimum absolute atomic E-state index is 0.153. The normalized spacial score (nSPS) is 12.9. The van der Waals surface area contributed by atoms with Gasteiger partial charge >= 0.3 is 0 Å². The fourth-order valence-electron chi connectivity index (χ4n) is 3.40. The zero-order valence-electron chi connectivity index (χ0n) is 18.1. The van der Waals surface area contributed by atoms with Crippen molar-refractivity contribution in [1.82, 2.24) is 15.0 Å². The van der Waals surface area contributed by atoms with E-state index in [-0.39, 0.29) is 6.61 Å². The zero-order valence-corrected chi connectivity index (χ0v) is 18.9. The molecule has 0 aliphatic heterocycles. The standard InChI is InChI=1S/C23H31ClN6O/c1-4-7-9-21-27-22(24)20(15-31)30(21)14-16-10-12-17(13-11-16)19(8-5-2)18(6-3)23(28-25)29-26/h5-6,8,10-13,31H,2,4,7,9,14-15,25-26H2,1,3H3,(H,28,29)/b18-6+,19-8-. The van der Waals surface area contributed by atoms with Crippen molar-refractivity contribution in [1.29, 1.82) is 0 Å². The number of nitrogens with one attached hydrogen (secondary N) is 1. The van der Waals surface area contributed by atoms with Gasteiger partial charge in [-0.3, -0.25) is 0 Å². The number of amidine groups is 1. The van der Waals surface area contributed by atoms with Crippen LogP contribution in [0, 0.1) is 0 Å². The first-order valence-electron chi connectivity index (χ1n) is 10.2. The van der Waals surface area contributed by atoms with Gasteiger partial charge in [0.1, 0.15) is 5.82 Å². The van der Waals surface area contributed by atoms with Crippen LogP contribution in [0.15, 0.2) is 59.7 Å². The molecule has 31 heavy (non-hydrogen) atoms. The highest BCUT2D eigenvalue weighted by Crippen LogP contribution is 2.26. The average molecular weight is 443 g/mol. The fourth-order valence-corrected chi connectivity index (χ4v) is 3.66. The van der Waals surface area contributed by atoms with Crippen molar-refractivity contribution in [3.63, 3.8) is 0 Å². The Morgan fingerprint density at radius 3 is 2.58 bits per heavy atom. The molecule has 0 aliphatic rings. The summed E-state index contributed by atoms with van der Waals surface area (Å²) < 4.78 is 2.00. The number of aliphatic hydroxyl groups excluding tert-OH is 1. The Labute approximate surface area is 188 Å². The van der Waals surface area contributed by atoms with E-state index in [0.717, 1.165) is 47.4 Å². The number of hydrogen-bond donors (Lipinski definition) is 4. The number of hydrazine groups is 1. The van der Waals surface area contributed by atoms with E-state index in [9.17, 15) is 5.11 Å². The minimum atomic E-state index is -0.153. The summed E-state index contributed by atoms with van der Waals surface area (Å²) in [6, 6.07) is 8.10. The van der Waals surface area contributed by atoms with Gasteiger partial charge in [0, 0.05) is 18.5 Å².